The molecule has 0 unspecified atom stereocenters. The summed E-state index contributed by atoms with van der Waals surface area (Å²) >= 11 is 0. The predicted octanol–water partition coefficient (Wildman–Crippen LogP) is 2.31. The topological polar surface area (TPSA) is 17.8 Å². The van der Waals surface area contributed by atoms with Gasteiger partial charge in [0.1, 0.15) is 8.07 Å². The van der Waals surface area contributed by atoms with Crippen LogP contribution in [0.25, 0.3) is 0 Å². The molecule has 0 aliphatic heterocycles. The van der Waals surface area contributed by atoms with E-state index in [1.165, 1.54) is 30.3 Å². The molecular formula is C11H22N2Si. The molecule has 0 aliphatic rings. The van der Waals surface area contributed by atoms with Crippen molar-refractivity contribution < 1.29 is 0 Å². The number of nitrogens with zero attached hydrogens (tertiary/aromatic N) is 2. The monoisotopic (exact) mass is 210 g/mol. The fourth-order valence-electron chi connectivity index (χ4n) is 1.46. The molecule has 0 atom stereocenters. The quantitative estimate of drug-likeness (QED) is 0.697. The summed E-state index contributed by atoms with van der Waals surface area (Å²) in [6, 6.07) is 2.31. The first-order valence-corrected chi connectivity index (χ1v) is 8.98. The molecule has 3 heteroatoms. The van der Waals surface area contributed by atoms with E-state index in [4.69, 9.17) is 0 Å². The van der Waals surface area contributed by atoms with Gasteiger partial charge in [-0.2, -0.15) is 5.10 Å². The molecule has 0 bridgehead atoms. The first kappa shape index (κ1) is 11.5. The third kappa shape index (κ3) is 2.71. The molecule has 0 N–H and O–H groups in total. The number of aryl methyl sites for hydroxylation is 2. The number of aromatic nitrogens is 2. The first-order chi connectivity index (χ1) is 6.45. The maximum Gasteiger partial charge on any atom is 0.104 e. The normalized spacial score (nSPS) is 12.1. The third-order valence-electron chi connectivity index (χ3n) is 2.53. The second-order valence-electron chi connectivity index (χ2n) is 5.00. The van der Waals surface area contributed by atoms with Crippen molar-refractivity contribution in [1.29, 1.82) is 0 Å². The number of hydrogen-bond donors (Lipinski definition) is 0. The molecule has 1 aromatic heterocycles. The van der Waals surface area contributed by atoms with Gasteiger partial charge in [0.2, 0.25) is 0 Å². The molecule has 0 saturated heterocycles. The number of rotatable bonds is 4. The summed E-state index contributed by atoms with van der Waals surface area (Å²) in [7, 11) is 0.849. The van der Waals surface area contributed by atoms with Gasteiger partial charge in [-0.05, 0) is 18.9 Å². The first-order valence-electron chi connectivity index (χ1n) is 5.48. The van der Waals surface area contributed by atoms with Crippen LogP contribution in [0.2, 0.25) is 19.6 Å². The van der Waals surface area contributed by atoms with Crippen molar-refractivity contribution in [3.05, 3.63) is 11.8 Å². The Labute approximate surface area is 88.3 Å². The average Bonchev–Trinajstić information content (AvgIpc) is 2.43. The van der Waals surface area contributed by atoms with Crippen molar-refractivity contribution in [3.63, 3.8) is 0 Å². The zero-order valence-electron chi connectivity index (χ0n) is 10.1. The van der Waals surface area contributed by atoms with Crippen LogP contribution >= 0.6 is 0 Å². The van der Waals surface area contributed by atoms with E-state index in [1.54, 1.807) is 0 Å². The second-order valence-corrected chi connectivity index (χ2v) is 10.0. The predicted molar refractivity (Wildman–Crippen MR) is 64.8 cm³/mol. The fraction of sp³-hybridized carbons (Fsp3) is 0.727. The number of hydrogen-bond acceptors (Lipinski definition) is 1. The summed E-state index contributed by atoms with van der Waals surface area (Å²) in [5.41, 5.74) is 1.39. The van der Waals surface area contributed by atoms with Crippen LogP contribution in [0, 0.1) is 0 Å². The highest BCUT2D eigenvalue weighted by atomic mass is 28.3. The molecule has 0 amide bonds. The highest BCUT2D eigenvalue weighted by molar-refractivity contribution is 6.88. The Balaban J connectivity index is 2.82. The van der Waals surface area contributed by atoms with E-state index in [0.717, 1.165) is 0 Å². The van der Waals surface area contributed by atoms with Crippen LogP contribution < -0.4 is 5.32 Å². The van der Waals surface area contributed by atoms with Gasteiger partial charge in [-0.3, -0.25) is 4.68 Å². The molecule has 1 aromatic rings. The van der Waals surface area contributed by atoms with E-state index in [0.29, 0.717) is 0 Å². The summed E-state index contributed by atoms with van der Waals surface area (Å²) in [6.07, 6.45) is 3.70. The third-order valence-corrected chi connectivity index (χ3v) is 4.31. The Hall–Kier alpha value is -0.573. The average molecular weight is 210 g/mol. The lowest BCUT2D eigenvalue weighted by Gasteiger charge is -2.10. The molecule has 0 spiro atoms. The van der Waals surface area contributed by atoms with Crippen LogP contribution in [0.4, 0.5) is 0 Å². The molecule has 0 fully saturated rings. The molecular weight excluding hydrogens is 188 g/mol. The van der Waals surface area contributed by atoms with E-state index >= 15 is 0 Å². The molecule has 0 radical (unpaired) electrons. The zero-order valence-corrected chi connectivity index (χ0v) is 11.1. The van der Waals surface area contributed by atoms with Crippen LogP contribution in [0.3, 0.4) is 0 Å². The minimum Gasteiger partial charge on any atom is -0.273 e. The largest absolute Gasteiger partial charge is 0.273 e. The summed E-state index contributed by atoms with van der Waals surface area (Å²) in [5.74, 6) is 0. The van der Waals surface area contributed by atoms with Gasteiger partial charge in [0, 0.05) is 18.1 Å². The molecule has 0 aromatic carbocycles. The maximum absolute atomic E-state index is 4.61. The van der Waals surface area contributed by atoms with E-state index in [1.807, 2.05) is 0 Å². The van der Waals surface area contributed by atoms with Crippen molar-refractivity contribution in [2.24, 2.45) is 7.05 Å². The van der Waals surface area contributed by atoms with Crippen molar-refractivity contribution in [3.8, 4) is 0 Å². The van der Waals surface area contributed by atoms with Crippen LogP contribution in [-0.4, -0.2) is 17.9 Å². The summed E-state index contributed by atoms with van der Waals surface area (Å²) in [6.45, 7) is 9.27. The van der Waals surface area contributed by atoms with Crippen molar-refractivity contribution in [2.45, 2.75) is 45.8 Å². The van der Waals surface area contributed by atoms with Gasteiger partial charge in [-0.15, -0.1) is 0 Å². The lowest BCUT2D eigenvalue weighted by molar-refractivity contribution is 0.679. The van der Waals surface area contributed by atoms with Gasteiger partial charge in [0.15, 0.2) is 0 Å². The minimum absolute atomic E-state index is 1.17. The Morgan fingerprint density at radius 2 is 2.00 bits per heavy atom. The van der Waals surface area contributed by atoms with Crippen molar-refractivity contribution in [1.82, 2.24) is 9.78 Å². The molecule has 0 aliphatic carbocycles. The van der Waals surface area contributed by atoms with E-state index in [2.05, 4.69) is 49.5 Å². The highest BCUT2D eigenvalue weighted by Gasteiger charge is 2.20. The zero-order chi connectivity index (χ0) is 10.8. The standard InChI is InChI=1S/C11H22N2Si/c1-6-7-8-10-9-11(12-13(10)2)14(3,4)5/h9H,6-8H2,1-5H3. The van der Waals surface area contributed by atoms with E-state index in [9.17, 15) is 0 Å². The molecule has 80 valence electrons. The van der Waals surface area contributed by atoms with Gasteiger partial charge in [-0.1, -0.05) is 33.0 Å². The minimum atomic E-state index is -1.22. The Morgan fingerprint density at radius 3 is 2.43 bits per heavy atom. The smallest absolute Gasteiger partial charge is 0.104 e. The Kier molecular flexibility index (Phi) is 3.53. The van der Waals surface area contributed by atoms with Gasteiger partial charge >= 0.3 is 0 Å². The van der Waals surface area contributed by atoms with E-state index < -0.39 is 8.07 Å². The molecule has 0 saturated carbocycles. The molecule has 2 nitrogen and oxygen atoms in total. The fourth-order valence-corrected chi connectivity index (χ4v) is 2.51. The van der Waals surface area contributed by atoms with E-state index in [-0.39, 0.29) is 0 Å². The van der Waals surface area contributed by atoms with Gasteiger partial charge in [0.05, 0.1) is 0 Å². The Morgan fingerprint density at radius 1 is 1.36 bits per heavy atom. The van der Waals surface area contributed by atoms with Gasteiger partial charge in [0.25, 0.3) is 0 Å². The van der Waals surface area contributed by atoms with Gasteiger partial charge in [-0.25, -0.2) is 0 Å². The van der Waals surface area contributed by atoms with Crippen molar-refractivity contribution in [2.75, 3.05) is 0 Å². The van der Waals surface area contributed by atoms with Crippen LogP contribution in [0.5, 0.6) is 0 Å². The maximum atomic E-state index is 4.61. The van der Waals surface area contributed by atoms with Crippen LogP contribution in [0.1, 0.15) is 25.5 Å². The SMILES string of the molecule is CCCCc1cc([Si](C)(C)C)nn1C. The number of unbranched alkanes of at least 4 members (excludes halogenated alkanes) is 1. The molecule has 1 heterocycles. The summed E-state index contributed by atoms with van der Waals surface area (Å²) < 4.78 is 2.06. The molecule has 1 rings (SSSR count). The summed E-state index contributed by atoms with van der Waals surface area (Å²) in [5, 5.41) is 5.95. The second kappa shape index (κ2) is 4.30. The lowest BCUT2D eigenvalue weighted by Crippen LogP contribution is -2.39. The molecule has 14 heavy (non-hydrogen) atoms. The van der Waals surface area contributed by atoms with Crippen LogP contribution in [-0.2, 0) is 13.5 Å². The van der Waals surface area contributed by atoms with Crippen molar-refractivity contribution >= 4 is 13.4 Å². The Bertz CT molecular complexity index is 297. The van der Waals surface area contributed by atoms with Gasteiger partial charge < -0.3 is 0 Å². The summed E-state index contributed by atoms with van der Waals surface area (Å²) in [4.78, 5) is 0. The lowest BCUT2D eigenvalue weighted by atomic mass is 10.2. The van der Waals surface area contributed by atoms with Crippen LogP contribution in [0.15, 0.2) is 6.07 Å². The highest BCUT2D eigenvalue weighted by Crippen LogP contribution is 2.06.